The van der Waals surface area contributed by atoms with Crippen molar-refractivity contribution in [3.63, 3.8) is 0 Å². The van der Waals surface area contributed by atoms with Gasteiger partial charge in [0.25, 0.3) is 0 Å². The first-order valence-corrected chi connectivity index (χ1v) is 6.05. The number of halogens is 3. The fourth-order valence-corrected chi connectivity index (χ4v) is 1.29. The summed E-state index contributed by atoms with van der Waals surface area (Å²) in [6, 6.07) is 5.37. The molecular weight excluding hydrogens is 273 g/mol. The Kier molecular flexibility index (Phi) is 5.38. The normalized spacial score (nSPS) is 14.5. The van der Waals surface area contributed by atoms with Gasteiger partial charge < -0.3 is 15.8 Å². The van der Waals surface area contributed by atoms with Gasteiger partial charge in [-0.3, -0.25) is 4.79 Å². The highest BCUT2D eigenvalue weighted by Gasteiger charge is 2.28. The maximum Gasteiger partial charge on any atom is 0.422 e. The van der Waals surface area contributed by atoms with Gasteiger partial charge in [-0.25, -0.2) is 0 Å². The van der Waals surface area contributed by atoms with E-state index in [1.165, 1.54) is 24.3 Å². The monoisotopic (exact) mass is 290 g/mol. The third-order valence-corrected chi connectivity index (χ3v) is 2.73. The number of ether oxygens (including phenoxy) is 1. The van der Waals surface area contributed by atoms with Gasteiger partial charge in [-0.15, -0.1) is 0 Å². The molecule has 0 radical (unpaired) electrons. The van der Waals surface area contributed by atoms with Crippen LogP contribution in [0.25, 0.3) is 0 Å². The zero-order valence-corrected chi connectivity index (χ0v) is 11.2. The molecule has 0 aliphatic carbocycles. The van der Waals surface area contributed by atoms with E-state index in [2.05, 4.69) is 10.1 Å². The van der Waals surface area contributed by atoms with E-state index in [1.807, 2.05) is 0 Å². The van der Waals surface area contributed by atoms with Crippen LogP contribution in [-0.4, -0.2) is 24.7 Å². The Balaban J connectivity index is 2.57. The summed E-state index contributed by atoms with van der Waals surface area (Å²) in [6.45, 7) is 2.07. The summed E-state index contributed by atoms with van der Waals surface area (Å²) in [6.07, 6.45) is -4.38. The molecule has 0 aliphatic rings. The van der Waals surface area contributed by atoms with Crippen LogP contribution in [0.5, 0.6) is 5.75 Å². The highest BCUT2D eigenvalue weighted by Crippen LogP contribution is 2.20. The number of anilines is 1. The number of amides is 1. The lowest BCUT2D eigenvalue weighted by atomic mass is 10.0. The van der Waals surface area contributed by atoms with Gasteiger partial charge in [-0.05, 0) is 31.2 Å². The van der Waals surface area contributed by atoms with Crippen LogP contribution < -0.4 is 15.8 Å². The van der Waals surface area contributed by atoms with Crippen molar-refractivity contribution in [3.8, 4) is 5.75 Å². The molecule has 1 rings (SSSR count). The standard InChI is InChI=1S/C13H17F3N2O2/c1-8(9(2)17)12(19)18-10-3-5-11(6-4-10)20-7-13(14,15)16/h3-6,8-9H,7,17H2,1-2H3,(H,18,19). The lowest BCUT2D eigenvalue weighted by Crippen LogP contribution is -2.34. The zero-order chi connectivity index (χ0) is 15.3. The fraction of sp³-hybridized carbons (Fsp3) is 0.462. The van der Waals surface area contributed by atoms with E-state index >= 15 is 0 Å². The van der Waals surface area contributed by atoms with Gasteiger partial charge in [-0.1, -0.05) is 6.92 Å². The Hall–Kier alpha value is -1.76. The van der Waals surface area contributed by atoms with Gasteiger partial charge in [0.1, 0.15) is 5.75 Å². The van der Waals surface area contributed by atoms with E-state index in [9.17, 15) is 18.0 Å². The summed E-state index contributed by atoms with van der Waals surface area (Å²) in [5.41, 5.74) is 6.08. The molecule has 1 aromatic carbocycles. The molecule has 0 fully saturated rings. The number of nitrogens with one attached hydrogen (secondary N) is 1. The Bertz CT molecular complexity index is 444. The zero-order valence-electron chi connectivity index (χ0n) is 11.2. The number of alkyl halides is 3. The molecule has 1 aromatic rings. The lowest BCUT2D eigenvalue weighted by molar-refractivity contribution is -0.153. The quantitative estimate of drug-likeness (QED) is 0.876. The van der Waals surface area contributed by atoms with E-state index in [-0.39, 0.29) is 23.6 Å². The van der Waals surface area contributed by atoms with Gasteiger partial charge in [0.15, 0.2) is 6.61 Å². The van der Waals surface area contributed by atoms with E-state index < -0.39 is 12.8 Å². The number of nitrogens with two attached hydrogens (primary N) is 1. The van der Waals surface area contributed by atoms with Crippen molar-refractivity contribution < 1.29 is 22.7 Å². The van der Waals surface area contributed by atoms with Crippen LogP contribution in [0.15, 0.2) is 24.3 Å². The van der Waals surface area contributed by atoms with Crippen LogP contribution in [-0.2, 0) is 4.79 Å². The van der Waals surface area contributed by atoms with E-state index in [1.54, 1.807) is 13.8 Å². The van der Waals surface area contributed by atoms with Crippen molar-refractivity contribution in [2.45, 2.75) is 26.1 Å². The molecule has 0 heterocycles. The average Bonchev–Trinajstić information content (AvgIpc) is 2.36. The van der Waals surface area contributed by atoms with Gasteiger partial charge in [0.2, 0.25) is 5.91 Å². The summed E-state index contributed by atoms with van der Waals surface area (Å²) in [4.78, 5) is 11.7. The van der Waals surface area contributed by atoms with Gasteiger partial charge in [-0.2, -0.15) is 13.2 Å². The average molecular weight is 290 g/mol. The second kappa shape index (κ2) is 6.60. The van der Waals surface area contributed by atoms with Gasteiger partial charge in [0.05, 0.1) is 5.92 Å². The lowest BCUT2D eigenvalue weighted by Gasteiger charge is -2.15. The molecule has 0 spiro atoms. The third-order valence-electron chi connectivity index (χ3n) is 2.73. The second-order valence-corrected chi connectivity index (χ2v) is 4.57. The maximum atomic E-state index is 12.0. The predicted molar refractivity (Wildman–Crippen MR) is 69.4 cm³/mol. The van der Waals surface area contributed by atoms with Crippen LogP contribution in [0.4, 0.5) is 18.9 Å². The largest absolute Gasteiger partial charge is 0.484 e. The van der Waals surface area contributed by atoms with Crippen molar-refractivity contribution in [2.24, 2.45) is 11.7 Å². The summed E-state index contributed by atoms with van der Waals surface area (Å²) >= 11 is 0. The number of carbonyl (C=O) groups excluding carboxylic acids is 1. The molecule has 2 atom stereocenters. The number of hydrogen-bond donors (Lipinski definition) is 2. The second-order valence-electron chi connectivity index (χ2n) is 4.57. The summed E-state index contributed by atoms with van der Waals surface area (Å²) in [5.74, 6) is -0.527. The summed E-state index contributed by atoms with van der Waals surface area (Å²) < 4.78 is 40.4. The van der Waals surface area contributed by atoms with Gasteiger partial charge in [0, 0.05) is 11.7 Å². The minimum absolute atomic E-state index is 0.0839. The van der Waals surface area contributed by atoms with Crippen LogP contribution >= 0.6 is 0 Å². The molecule has 3 N–H and O–H groups in total. The molecule has 0 bridgehead atoms. The summed E-state index contributed by atoms with van der Waals surface area (Å²) in [7, 11) is 0. The van der Waals surface area contributed by atoms with Crippen molar-refractivity contribution in [1.29, 1.82) is 0 Å². The molecule has 112 valence electrons. The van der Waals surface area contributed by atoms with Crippen LogP contribution in [0.3, 0.4) is 0 Å². The molecule has 0 saturated carbocycles. The molecule has 1 amide bonds. The third kappa shape index (κ3) is 5.48. The Morgan fingerprint density at radius 1 is 1.30 bits per heavy atom. The number of rotatable bonds is 5. The molecule has 2 unspecified atom stereocenters. The predicted octanol–water partition coefficient (Wildman–Crippen LogP) is 2.55. The van der Waals surface area contributed by atoms with Crippen LogP contribution in [0.2, 0.25) is 0 Å². The Morgan fingerprint density at radius 3 is 2.30 bits per heavy atom. The minimum Gasteiger partial charge on any atom is -0.484 e. The van der Waals surface area contributed by atoms with Crippen molar-refractivity contribution in [3.05, 3.63) is 24.3 Å². The Morgan fingerprint density at radius 2 is 1.85 bits per heavy atom. The Labute approximate surface area is 115 Å². The number of carbonyl (C=O) groups is 1. The molecule has 0 aliphatic heterocycles. The highest BCUT2D eigenvalue weighted by atomic mass is 19.4. The smallest absolute Gasteiger partial charge is 0.422 e. The molecule has 7 heteroatoms. The van der Waals surface area contributed by atoms with Crippen molar-refractivity contribution >= 4 is 11.6 Å². The minimum atomic E-state index is -4.38. The van der Waals surface area contributed by atoms with Crippen LogP contribution in [0, 0.1) is 5.92 Å². The maximum absolute atomic E-state index is 12.0. The molecule has 20 heavy (non-hydrogen) atoms. The number of hydrogen-bond acceptors (Lipinski definition) is 3. The molecule has 0 saturated heterocycles. The SMILES string of the molecule is CC(N)C(C)C(=O)Nc1ccc(OCC(F)(F)F)cc1. The fourth-order valence-electron chi connectivity index (χ4n) is 1.29. The van der Waals surface area contributed by atoms with Crippen LogP contribution in [0.1, 0.15) is 13.8 Å². The van der Waals surface area contributed by atoms with Crippen molar-refractivity contribution in [2.75, 3.05) is 11.9 Å². The van der Waals surface area contributed by atoms with Gasteiger partial charge >= 0.3 is 6.18 Å². The van der Waals surface area contributed by atoms with E-state index in [4.69, 9.17) is 5.73 Å². The first kappa shape index (κ1) is 16.3. The molecule has 0 aromatic heterocycles. The van der Waals surface area contributed by atoms with E-state index in [0.29, 0.717) is 5.69 Å². The van der Waals surface area contributed by atoms with Crippen molar-refractivity contribution in [1.82, 2.24) is 0 Å². The highest BCUT2D eigenvalue weighted by molar-refractivity contribution is 5.92. The summed E-state index contributed by atoms with van der Waals surface area (Å²) in [5, 5.41) is 2.63. The first-order valence-electron chi connectivity index (χ1n) is 6.05. The molecule has 4 nitrogen and oxygen atoms in total. The first-order chi connectivity index (χ1) is 9.19. The topological polar surface area (TPSA) is 64.4 Å². The number of benzene rings is 1. The molecular formula is C13H17F3N2O2. The van der Waals surface area contributed by atoms with E-state index in [0.717, 1.165) is 0 Å².